The Hall–Kier alpha value is -2.33. The Morgan fingerprint density at radius 1 is 1.53 bits per heavy atom. The molecule has 0 N–H and O–H groups in total. The number of hydrogen-bond acceptors (Lipinski definition) is 4. The van der Waals surface area contributed by atoms with Crippen molar-refractivity contribution in [2.24, 2.45) is 5.11 Å². The van der Waals surface area contributed by atoms with E-state index in [9.17, 15) is 9.59 Å². The number of ketones is 1. The predicted molar refractivity (Wildman–Crippen MR) is 58.4 cm³/mol. The lowest BCUT2D eigenvalue weighted by Gasteiger charge is -2.17. The summed E-state index contributed by atoms with van der Waals surface area (Å²) in [7, 11) is 1.16. The fourth-order valence-corrected chi connectivity index (χ4v) is 2.01. The van der Waals surface area contributed by atoms with Crippen LogP contribution in [0.5, 0.6) is 0 Å². The SMILES string of the molecule is COC(=O)C1(N=[N+]=[N-])Cc2ccccc2C1=O. The molecule has 86 valence electrons. The van der Waals surface area contributed by atoms with Crippen molar-refractivity contribution in [1.29, 1.82) is 0 Å². The number of fused-ring (bicyclic) bond motifs is 1. The number of hydrogen-bond donors (Lipinski definition) is 0. The van der Waals surface area contributed by atoms with Crippen LogP contribution in [0.4, 0.5) is 0 Å². The van der Waals surface area contributed by atoms with E-state index in [2.05, 4.69) is 14.8 Å². The Bertz CT molecular complexity index is 549. The van der Waals surface area contributed by atoms with Crippen LogP contribution in [0.3, 0.4) is 0 Å². The van der Waals surface area contributed by atoms with Gasteiger partial charge in [0.05, 0.1) is 7.11 Å². The van der Waals surface area contributed by atoms with Crippen molar-refractivity contribution in [3.05, 3.63) is 45.8 Å². The molecule has 0 radical (unpaired) electrons. The first-order chi connectivity index (χ1) is 8.15. The van der Waals surface area contributed by atoms with E-state index in [-0.39, 0.29) is 6.42 Å². The second-order valence-electron chi connectivity index (χ2n) is 3.70. The normalized spacial score (nSPS) is 21.6. The average molecular weight is 231 g/mol. The quantitative estimate of drug-likeness (QED) is 0.254. The van der Waals surface area contributed by atoms with Crippen LogP contribution in [0.15, 0.2) is 29.4 Å². The van der Waals surface area contributed by atoms with Crippen molar-refractivity contribution in [3.8, 4) is 0 Å². The van der Waals surface area contributed by atoms with Gasteiger partial charge in [-0.3, -0.25) is 9.59 Å². The molecule has 17 heavy (non-hydrogen) atoms. The molecular weight excluding hydrogens is 222 g/mol. The van der Waals surface area contributed by atoms with E-state index in [1.807, 2.05) is 0 Å². The largest absolute Gasteiger partial charge is 0.468 e. The van der Waals surface area contributed by atoms with Gasteiger partial charge in [0, 0.05) is 16.9 Å². The molecule has 0 heterocycles. The highest BCUT2D eigenvalue weighted by molar-refractivity contribution is 6.20. The van der Waals surface area contributed by atoms with E-state index >= 15 is 0 Å². The summed E-state index contributed by atoms with van der Waals surface area (Å²) in [5.74, 6) is -1.32. The maximum absolute atomic E-state index is 12.1. The molecule has 1 aromatic rings. The molecule has 0 saturated heterocycles. The molecular formula is C11H9N3O3. The molecule has 1 aliphatic carbocycles. The van der Waals surface area contributed by atoms with E-state index in [1.54, 1.807) is 24.3 Å². The number of benzene rings is 1. The van der Waals surface area contributed by atoms with Gasteiger partial charge >= 0.3 is 5.97 Å². The van der Waals surface area contributed by atoms with Crippen molar-refractivity contribution in [1.82, 2.24) is 0 Å². The van der Waals surface area contributed by atoms with Crippen molar-refractivity contribution >= 4 is 11.8 Å². The zero-order valence-electron chi connectivity index (χ0n) is 9.08. The minimum atomic E-state index is -1.77. The molecule has 6 heteroatoms. The lowest BCUT2D eigenvalue weighted by molar-refractivity contribution is -0.144. The Morgan fingerprint density at radius 2 is 2.24 bits per heavy atom. The fourth-order valence-electron chi connectivity index (χ4n) is 2.01. The number of rotatable bonds is 2. The predicted octanol–water partition coefficient (Wildman–Crippen LogP) is 1.65. The molecule has 1 aromatic carbocycles. The lowest BCUT2D eigenvalue weighted by atomic mass is 9.96. The number of nitrogens with zero attached hydrogens (tertiary/aromatic N) is 3. The van der Waals surface area contributed by atoms with Crippen molar-refractivity contribution in [2.75, 3.05) is 7.11 Å². The summed E-state index contributed by atoms with van der Waals surface area (Å²) in [6.07, 6.45) is 0.0543. The van der Waals surface area contributed by atoms with Crippen molar-refractivity contribution in [3.63, 3.8) is 0 Å². The lowest BCUT2D eigenvalue weighted by Crippen LogP contribution is -2.43. The number of esters is 1. The highest BCUT2D eigenvalue weighted by atomic mass is 16.5. The Morgan fingerprint density at radius 3 is 2.82 bits per heavy atom. The second-order valence-corrected chi connectivity index (χ2v) is 3.70. The number of carbonyl (C=O) groups excluding carboxylic acids is 2. The third-order valence-electron chi connectivity index (χ3n) is 2.82. The molecule has 0 saturated carbocycles. The van der Waals surface area contributed by atoms with Crippen LogP contribution in [0.2, 0.25) is 0 Å². The first kappa shape index (κ1) is 11.2. The van der Waals surface area contributed by atoms with E-state index in [0.29, 0.717) is 11.1 Å². The maximum atomic E-state index is 12.1. The third kappa shape index (κ3) is 1.46. The molecule has 0 aromatic heterocycles. The Balaban J connectivity index is 2.58. The minimum absolute atomic E-state index is 0.0543. The first-order valence-corrected chi connectivity index (χ1v) is 4.93. The average Bonchev–Trinajstić information content (AvgIpc) is 2.64. The molecule has 0 bridgehead atoms. The van der Waals surface area contributed by atoms with Crippen LogP contribution in [0.25, 0.3) is 10.4 Å². The van der Waals surface area contributed by atoms with Gasteiger partial charge in [-0.1, -0.05) is 29.4 Å². The van der Waals surface area contributed by atoms with Gasteiger partial charge in [0.15, 0.2) is 5.78 Å². The number of azide groups is 1. The monoisotopic (exact) mass is 231 g/mol. The zero-order chi connectivity index (χ0) is 12.5. The summed E-state index contributed by atoms with van der Waals surface area (Å²) in [6, 6.07) is 6.79. The highest BCUT2D eigenvalue weighted by Crippen LogP contribution is 2.34. The Kier molecular flexibility index (Phi) is 2.57. The van der Waals surface area contributed by atoms with E-state index in [1.165, 1.54) is 0 Å². The highest BCUT2D eigenvalue weighted by Gasteiger charge is 2.52. The van der Waals surface area contributed by atoms with Gasteiger partial charge in [-0.25, -0.2) is 0 Å². The maximum Gasteiger partial charge on any atom is 0.326 e. The molecule has 1 atom stereocenters. The molecule has 0 fully saturated rings. The Labute approximate surface area is 96.8 Å². The number of Topliss-reactive ketones (excluding diaryl/α,β-unsaturated/α-hetero) is 1. The molecule has 2 rings (SSSR count). The van der Waals surface area contributed by atoms with Gasteiger partial charge in [-0.15, -0.1) is 0 Å². The first-order valence-electron chi connectivity index (χ1n) is 4.93. The van der Waals surface area contributed by atoms with Crippen molar-refractivity contribution < 1.29 is 14.3 Å². The molecule has 0 amide bonds. The van der Waals surface area contributed by atoms with Gasteiger partial charge < -0.3 is 4.74 Å². The molecule has 0 aliphatic heterocycles. The summed E-state index contributed by atoms with van der Waals surface area (Å²) in [6.45, 7) is 0. The molecule has 0 spiro atoms. The minimum Gasteiger partial charge on any atom is -0.468 e. The molecule has 1 aliphatic rings. The van der Waals surface area contributed by atoms with Gasteiger partial charge in [-0.05, 0) is 11.1 Å². The number of methoxy groups -OCH3 is 1. The van der Waals surface area contributed by atoms with Crippen LogP contribution in [-0.4, -0.2) is 24.4 Å². The summed E-state index contributed by atoms with van der Waals surface area (Å²) >= 11 is 0. The zero-order valence-corrected chi connectivity index (χ0v) is 9.08. The third-order valence-corrected chi connectivity index (χ3v) is 2.82. The fraction of sp³-hybridized carbons (Fsp3) is 0.273. The van der Waals surface area contributed by atoms with Crippen molar-refractivity contribution in [2.45, 2.75) is 12.0 Å². The van der Waals surface area contributed by atoms with E-state index in [4.69, 9.17) is 5.53 Å². The topological polar surface area (TPSA) is 92.1 Å². The van der Waals surface area contributed by atoms with Crippen LogP contribution in [0.1, 0.15) is 15.9 Å². The second kappa shape index (κ2) is 3.92. The van der Waals surface area contributed by atoms with Crippen LogP contribution in [0, 0.1) is 0 Å². The van der Waals surface area contributed by atoms with E-state index in [0.717, 1.165) is 7.11 Å². The van der Waals surface area contributed by atoms with Gasteiger partial charge in [0.1, 0.15) is 0 Å². The number of carbonyl (C=O) groups is 2. The molecule has 6 nitrogen and oxygen atoms in total. The van der Waals surface area contributed by atoms with Gasteiger partial charge in [-0.2, -0.15) is 0 Å². The summed E-state index contributed by atoms with van der Waals surface area (Å²) < 4.78 is 4.57. The summed E-state index contributed by atoms with van der Waals surface area (Å²) in [5.41, 5.74) is 7.86. The van der Waals surface area contributed by atoms with E-state index < -0.39 is 17.3 Å². The van der Waals surface area contributed by atoms with Crippen LogP contribution < -0.4 is 0 Å². The summed E-state index contributed by atoms with van der Waals surface area (Å²) in [4.78, 5) is 26.4. The van der Waals surface area contributed by atoms with Crippen LogP contribution in [-0.2, 0) is 16.0 Å². The van der Waals surface area contributed by atoms with Crippen LogP contribution >= 0.6 is 0 Å². The van der Waals surface area contributed by atoms with Gasteiger partial charge in [0.25, 0.3) is 0 Å². The number of ether oxygens (including phenoxy) is 1. The standard InChI is InChI=1S/C11H9N3O3/c1-17-10(16)11(13-14-12)6-7-4-2-3-5-8(7)9(11)15/h2-5H,6H2,1H3. The summed E-state index contributed by atoms with van der Waals surface area (Å²) in [5, 5.41) is 3.38. The molecule has 1 unspecified atom stereocenters. The van der Waals surface area contributed by atoms with Gasteiger partial charge in [0.2, 0.25) is 5.54 Å². The smallest absolute Gasteiger partial charge is 0.326 e.